The maximum absolute atomic E-state index is 4.34. The highest BCUT2D eigenvalue weighted by Crippen LogP contribution is 2.15. The SMILES string of the molecule is CC.CSc1nc2ccccc2[nH]1. The Kier molecular flexibility index (Phi) is 3.83. The van der Waals surface area contributed by atoms with E-state index in [9.17, 15) is 0 Å². The summed E-state index contributed by atoms with van der Waals surface area (Å²) in [7, 11) is 0. The van der Waals surface area contributed by atoms with Crippen molar-refractivity contribution in [1.82, 2.24) is 9.97 Å². The molecule has 0 spiro atoms. The quantitative estimate of drug-likeness (QED) is 0.705. The summed E-state index contributed by atoms with van der Waals surface area (Å²) in [4.78, 5) is 7.54. The van der Waals surface area contributed by atoms with Gasteiger partial charge < -0.3 is 4.98 Å². The first-order chi connectivity index (χ1) is 6.40. The Hall–Kier alpha value is -0.960. The van der Waals surface area contributed by atoms with Crippen LogP contribution in [-0.2, 0) is 0 Å². The van der Waals surface area contributed by atoms with Crippen LogP contribution < -0.4 is 0 Å². The van der Waals surface area contributed by atoms with Crippen molar-refractivity contribution in [2.75, 3.05) is 6.26 Å². The maximum Gasteiger partial charge on any atom is 0.166 e. The lowest BCUT2D eigenvalue weighted by Crippen LogP contribution is -1.67. The van der Waals surface area contributed by atoms with Gasteiger partial charge in [0.1, 0.15) is 0 Å². The van der Waals surface area contributed by atoms with Gasteiger partial charge in [-0.2, -0.15) is 0 Å². The van der Waals surface area contributed by atoms with Crippen molar-refractivity contribution in [2.45, 2.75) is 19.0 Å². The largest absolute Gasteiger partial charge is 0.333 e. The molecule has 2 nitrogen and oxygen atoms in total. The van der Waals surface area contributed by atoms with Gasteiger partial charge in [-0.05, 0) is 18.4 Å². The van der Waals surface area contributed by atoms with Crippen LogP contribution in [0.3, 0.4) is 0 Å². The molecule has 0 aliphatic heterocycles. The molecule has 1 aromatic carbocycles. The molecule has 13 heavy (non-hydrogen) atoms. The highest BCUT2D eigenvalue weighted by atomic mass is 32.2. The van der Waals surface area contributed by atoms with E-state index in [1.807, 2.05) is 44.4 Å². The van der Waals surface area contributed by atoms with Gasteiger partial charge in [-0.15, -0.1) is 0 Å². The van der Waals surface area contributed by atoms with Gasteiger partial charge in [-0.1, -0.05) is 37.7 Å². The van der Waals surface area contributed by atoms with Crippen LogP contribution in [0.1, 0.15) is 13.8 Å². The topological polar surface area (TPSA) is 28.7 Å². The number of nitrogens with zero attached hydrogens (tertiary/aromatic N) is 1. The normalized spacial score (nSPS) is 9.46. The fourth-order valence-corrected chi connectivity index (χ4v) is 1.43. The standard InChI is InChI=1S/C8H8N2S.C2H6/c1-11-8-9-6-4-2-3-5-7(6)10-8;1-2/h2-5H,1H3,(H,9,10);1-2H3. The number of thioether (sulfide) groups is 1. The van der Waals surface area contributed by atoms with E-state index in [-0.39, 0.29) is 0 Å². The number of benzene rings is 1. The van der Waals surface area contributed by atoms with E-state index in [4.69, 9.17) is 0 Å². The molecule has 2 aromatic rings. The molecule has 0 saturated heterocycles. The Morgan fingerprint density at radius 2 is 1.92 bits per heavy atom. The molecule has 0 aliphatic rings. The van der Waals surface area contributed by atoms with E-state index < -0.39 is 0 Å². The molecule has 0 amide bonds. The lowest BCUT2D eigenvalue weighted by atomic mass is 10.3. The van der Waals surface area contributed by atoms with Crippen LogP contribution in [0, 0.1) is 0 Å². The number of para-hydroxylation sites is 2. The zero-order valence-corrected chi connectivity index (χ0v) is 8.98. The molecule has 0 saturated carbocycles. The molecule has 1 aromatic heterocycles. The molecule has 0 radical (unpaired) electrons. The van der Waals surface area contributed by atoms with Gasteiger partial charge >= 0.3 is 0 Å². The number of imidazole rings is 1. The Morgan fingerprint density at radius 1 is 1.23 bits per heavy atom. The number of fused-ring (bicyclic) bond motifs is 1. The lowest BCUT2D eigenvalue weighted by Gasteiger charge is -1.81. The Balaban J connectivity index is 0.000000396. The van der Waals surface area contributed by atoms with Gasteiger partial charge in [0.2, 0.25) is 0 Å². The minimum atomic E-state index is 0.978. The fraction of sp³-hybridized carbons (Fsp3) is 0.300. The van der Waals surface area contributed by atoms with E-state index in [1.165, 1.54) is 0 Å². The molecule has 2 rings (SSSR count). The summed E-state index contributed by atoms with van der Waals surface area (Å²) >= 11 is 1.63. The van der Waals surface area contributed by atoms with Crippen LogP contribution in [-0.4, -0.2) is 16.2 Å². The predicted octanol–water partition coefficient (Wildman–Crippen LogP) is 3.31. The smallest absolute Gasteiger partial charge is 0.166 e. The van der Waals surface area contributed by atoms with Gasteiger partial charge in [-0.3, -0.25) is 0 Å². The summed E-state index contributed by atoms with van der Waals surface area (Å²) < 4.78 is 0. The van der Waals surface area contributed by atoms with E-state index in [0.717, 1.165) is 16.2 Å². The van der Waals surface area contributed by atoms with Crippen LogP contribution >= 0.6 is 11.8 Å². The van der Waals surface area contributed by atoms with Crippen LogP contribution in [0.4, 0.5) is 0 Å². The highest BCUT2D eigenvalue weighted by molar-refractivity contribution is 7.98. The van der Waals surface area contributed by atoms with Crippen LogP contribution in [0.2, 0.25) is 0 Å². The average Bonchev–Trinajstić information content (AvgIpc) is 2.63. The first kappa shape index (κ1) is 10.1. The van der Waals surface area contributed by atoms with Crippen molar-refractivity contribution in [2.24, 2.45) is 0 Å². The lowest BCUT2D eigenvalue weighted by molar-refractivity contribution is 1.09. The molecule has 0 aliphatic carbocycles. The van der Waals surface area contributed by atoms with E-state index >= 15 is 0 Å². The van der Waals surface area contributed by atoms with Crippen molar-refractivity contribution in [1.29, 1.82) is 0 Å². The number of H-pyrrole nitrogens is 1. The fourth-order valence-electron chi connectivity index (χ4n) is 1.03. The average molecular weight is 194 g/mol. The molecule has 0 atom stereocenters. The molecular formula is C10H14N2S. The van der Waals surface area contributed by atoms with Crippen molar-refractivity contribution in [3.63, 3.8) is 0 Å². The van der Waals surface area contributed by atoms with E-state index in [0.29, 0.717) is 0 Å². The van der Waals surface area contributed by atoms with E-state index in [2.05, 4.69) is 9.97 Å². The Labute approximate surface area is 82.8 Å². The molecule has 70 valence electrons. The first-order valence-electron chi connectivity index (χ1n) is 4.39. The van der Waals surface area contributed by atoms with Gasteiger partial charge in [0.05, 0.1) is 11.0 Å². The van der Waals surface area contributed by atoms with Crippen molar-refractivity contribution in [3.8, 4) is 0 Å². The number of rotatable bonds is 1. The van der Waals surface area contributed by atoms with Crippen molar-refractivity contribution < 1.29 is 0 Å². The second-order valence-electron chi connectivity index (χ2n) is 2.26. The second-order valence-corrected chi connectivity index (χ2v) is 3.06. The third-order valence-corrected chi connectivity index (χ3v) is 2.14. The predicted molar refractivity (Wildman–Crippen MR) is 59.2 cm³/mol. The zero-order chi connectivity index (χ0) is 9.68. The molecule has 0 fully saturated rings. The zero-order valence-electron chi connectivity index (χ0n) is 8.16. The molecule has 1 heterocycles. The number of hydrogen-bond acceptors (Lipinski definition) is 2. The monoisotopic (exact) mass is 194 g/mol. The minimum absolute atomic E-state index is 0.978. The number of aromatic amines is 1. The van der Waals surface area contributed by atoms with Gasteiger partial charge in [0.15, 0.2) is 5.16 Å². The summed E-state index contributed by atoms with van der Waals surface area (Å²) in [5.74, 6) is 0. The van der Waals surface area contributed by atoms with Gasteiger partial charge in [0.25, 0.3) is 0 Å². The summed E-state index contributed by atoms with van der Waals surface area (Å²) in [6, 6.07) is 8.03. The first-order valence-corrected chi connectivity index (χ1v) is 5.61. The third kappa shape index (κ3) is 2.25. The summed E-state index contributed by atoms with van der Waals surface area (Å²) in [5.41, 5.74) is 2.15. The number of nitrogens with one attached hydrogen (secondary N) is 1. The maximum atomic E-state index is 4.34. The van der Waals surface area contributed by atoms with Crippen LogP contribution in [0.25, 0.3) is 11.0 Å². The molecule has 1 N–H and O–H groups in total. The molecular weight excluding hydrogens is 180 g/mol. The highest BCUT2D eigenvalue weighted by Gasteiger charge is 1.97. The minimum Gasteiger partial charge on any atom is -0.333 e. The number of aromatic nitrogens is 2. The summed E-state index contributed by atoms with van der Waals surface area (Å²) in [6.45, 7) is 4.00. The number of hydrogen-bond donors (Lipinski definition) is 1. The van der Waals surface area contributed by atoms with E-state index in [1.54, 1.807) is 11.8 Å². The Morgan fingerprint density at radius 3 is 2.54 bits per heavy atom. The third-order valence-electron chi connectivity index (χ3n) is 1.56. The van der Waals surface area contributed by atoms with Crippen molar-refractivity contribution >= 4 is 22.8 Å². The molecule has 0 bridgehead atoms. The second kappa shape index (κ2) is 4.92. The van der Waals surface area contributed by atoms with Crippen LogP contribution in [0.15, 0.2) is 29.4 Å². The van der Waals surface area contributed by atoms with Crippen LogP contribution in [0.5, 0.6) is 0 Å². The Bertz CT molecular complexity index is 335. The van der Waals surface area contributed by atoms with Gasteiger partial charge in [-0.25, -0.2) is 4.98 Å². The molecule has 3 heteroatoms. The van der Waals surface area contributed by atoms with Crippen molar-refractivity contribution in [3.05, 3.63) is 24.3 Å². The van der Waals surface area contributed by atoms with Gasteiger partial charge in [0, 0.05) is 0 Å². The molecule has 0 unspecified atom stereocenters. The summed E-state index contributed by atoms with van der Waals surface area (Å²) in [5, 5.41) is 0.978. The summed E-state index contributed by atoms with van der Waals surface area (Å²) in [6.07, 6.45) is 2.01.